The average molecular weight is 287 g/mol. The fourth-order valence-corrected chi connectivity index (χ4v) is 2.81. The molecule has 2 aromatic heterocycles. The second kappa shape index (κ2) is 4.88. The molecule has 0 unspecified atom stereocenters. The second-order valence-corrected chi connectivity index (χ2v) is 5.68. The lowest BCUT2D eigenvalue weighted by Gasteiger charge is -2.09. The standard InChI is InChI=1S/C19H17N3/c1-13-3-4-17(12-19(13)22-10-8-14(2)21-22)16-6-5-15-7-9-20-18(15)11-16/h3-12,20H,1-2H3. The first kappa shape index (κ1) is 12.9. The first-order chi connectivity index (χ1) is 10.7. The van der Waals surface area contributed by atoms with Crippen molar-refractivity contribution in [3.8, 4) is 16.8 Å². The smallest absolute Gasteiger partial charge is 0.0680 e. The van der Waals surface area contributed by atoms with Gasteiger partial charge < -0.3 is 4.98 Å². The van der Waals surface area contributed by atoms with Gasteiger partial charge in [-0.15, -0.1) is 0 Å². The van der Waals surface area contributed by atoms with Gasteiger partial charge in [0, 0.05) is 17.9 Å². The lowest BCUT2D eigenvalue weighted by molar-refractivity contribution is 0.856. The van der Waals surface area contributed by atoms with Crippen LogP contribution in [-0.2, 0) is 0 Å². The van der Waals surface area contributed by atoms with Crippen LogP contribution in [-0.4, -0.2) is 14.8 Å². The number of aryl methyl sites for hydroxylation is 2. The number of aromatic amines is 1. The van der Waals surface area contributed by atoms with Gasteiger partial charge in [0.15, 0.2) is 0 Å². The number of nitrogens with zero attached hydrogens (tertiary/aromatic N) is 2. The molecule has 0 bridgehead atoms. The van der Waals surface area contributed by atoms with Crippen LogP contribution in [0.15, 0.2) is 60.9 Å². The number of rotatable bonds is 2. The third-order valence-electron chi connectivity index (χ3n) is 4.07. The van der Waals surface area contributed by atoms with Crippen LogP contribution in [0.1, 0.15) is 11.3 Å². The van der Waals surface area contributed by atoms with E-state index in [-0.39, 0.29) is 0 Å². The Kier molecular flexibility index (Phi) is 2.86. The van der Waals surface area contributed by atoms with Gasteiger partial charge in [-0.05, 0) is 60.2 Å². The summed E-state index contributed by atoms with van der Waals surface area (Å²) in [4.78, 5) is 3.27. The van der Waals surface area contributed by atoms with Crippen molar-refractivity contribution in [2.24, 2.45) is 0 Å². The fraction of sp³-hybridized carbons (Fsp3) is 0.105. The highest BCUT2D eigenvalue weighted by molar-refractivity contribution is 5.85. The van der Waals surface area contributed by atoms with Crippen molar-refractivity contribution in [3.63, 3.8) is 0 Å². The normalized spacial score (nSPS) is 11.2. The molecule has 0 saturated carbocycles. The Morgan fingerprint density at radius 1 is 0.909 bits per heavy atom. The summed E-state index contributed by atoms with van der Waals surface area (Å²) in [5.74, 6) is 0. The second-order valence-electron chi connectivity index (χ2n) is 5.68. The van der Waals surface area contributed by atoms with Crippen LogP contribution in [0.2, 0.25) is 0 Å². The molecule has 0 saturated heterocycles. The van der Waals surface area contributed by atoms with Gasteiger partial charge in [-0.3, -0.25) is 0 Å². The molecule has 3 nitrogen and oxygen atoms in total. The molecule has 108 valence electrons. The van der Waals surface area contributed by atoms with Gasteiger partial charge in [-0.1, -0.05) is 24.3 Å². The Hall–Kier alpha value is -2.81. The summed E-state index contributed by atoms with van der Waals surface area (Å²) in [5, 5.41) is 5.76. The molecule has 0 aliphatic heterocycles. The lowest BCUT2D eigenvalue weighted by atomic mass is 10.0. The van der Waals surface area contributed by atoms with E-state index < -0.39 is 0 Å². The van der Waals surface area contributed by atoms with E-state index >= 15 is 0 Å². The highest BCUT2D eigenvalue weighted by Crippen LogP contribution is 2.27. The molecule has 0 fully saturated rings. The van der Waals surface area contributed by atoms with Crippen LogP contribution in [0.4, 0.5) is 0 Å². The van der Waals surface area contributed by atoms with Crippen LogP contribution in [0.3, 0.4) is 0 Å². The van der Waals surface area contributed by atoms with E-state index in [1.54, 1.807) is 0 Å². The minimum Gasteiger partial charge on any atom is -0.361 e. The number of hydrogen-bond acceptors (Lipinski definition) is 1. The molecule has 2 aromatic carbocycles. The SMILES string of the molecule is Cc1ccn(-c2cc(-c3ccc4cc[nH]c4c3)ccc2C)n1. The number of hydrogen-bond donors (Lipinski definition) is 1. The summed E-state index contributed by atoms with van der Waals surface area (Å²) in [7, 11) is 0. The van der Waals surface area contributed by atoms with E-state index in [9.17, 15) is 0 Å². The zero-order valence-corrected chi connectivity index (χ0v) is 12.7. The van der Waals surface area contributed by atoms with Crippen molar-refractivity contribution in [2.75, 3.05) is 0 Å². The molecular weight excluding hydrogens is 270 g/mol. The maximum absolute atomic E-state index is 4.53. The zero-order chi connectivity index (χ0) is 15.1. The van der Waals surface area contributed by atoms with Crippen molar-refractivity contribution in [2.45, 2.75) is 13.8 Å². The Bertz CT molecular complexity index is 960. The Morgan fingerprint density at radius 3 is 2.55 bits per heavy atom. The van der Waals surface area contributed by atoms with E-state index in [1.165, 1.54) is 22.1 Å². The van der Waals surface area contributed by atoms with Crippen molar-refractivity contribution in [1.29, 1.82) is 0 Å². The van der Waals surface area contributed by atoms with Crippen molar-refractivity contribution >= 4 is 10.9 Å². The molecule has 4 aromatic rings. The zero-order valence-electron chi connectivity index (χ0n) is 12.7. The summed E-state index contributed by atoms with van der Waals surface area (Å²) in [5.41, 5.74) is 6.93. The van der Waals surface area contributed by atoms with Crippen molar-refractivity contribution in [1.82, 2.24) is 14.8 Å². The monoisotopic (exact) mass is 287 g/mol. The molecule has 0 radical (unpaired) electrons. The predicted octanol–water partition coefficient (Wildman–Crippen LogP) is 4.64. The van der Waals surface area contributed by atoms with Crippen LogP contribution >= 0.6 is 0 Å². The van der Waals surface area contributed by atoms with Crippen LogP contribution in [0.5, 0.6) is 0 Å². The first-order valence-electron chi connectivity index (χ1n) is 7.41. The minimum absolute atomic E-state index is 1.03. The molecule has 0 aliphatic carbocycles. The quantitative estimate of drug-likeness (QED) is 0.572. The molecule has 0 amide bonds. The Morgan fingerprint density at radius 2 is 1.73 bits per heavy atom. The van der Waals surface area contributed by atoms with Crippen LogP contribution < -0.4 is 0 Å². The number of H-pyrrole nitrogens is 1. The maximum atomic E-state index is 4.53. The molecule has 22 heavy (non-hydrogen) atoms. The topological polar surface area (TPSA) is 33.6 Å². The van der Waals surface area contributed by atoms with Gasteiger partial charge in [-0.25, -0.2) is 4.68 Å². The van der Waals surface area contributed by atoms with Gasteiger partial charge in [0.2, 0.25) is 0 Å². The highest BCUT2D eigenvalue weighted by Gasteiger charge is 2.06. The summed E-state index contributed by atoms with van der Waals surface area (Å²) in [6.07, 6.45) is 3.98. The van der Waals surface area contributed by atoms with E-state index in [0.717, 1.165) is 16.9 Å². The van der Waals surface area contributed by atoms with E-state index in [1.807, 2.05) is 30.1 Å². The molecule has 4 rings (SSSR count). The number of fused-ring (bicyclic) bond motifs is 1. The summed E-state index contributed by atoms with van der Waals surface area (Å²) in [6.45, 7) is 4.12. The summed E-state index contributed by atoms with van der Waals surface area (Å²) in [6, 6.07) is 17.1. The van der Waals surface area contributed by atoms with Gasteiger partial charge in [-0.2, -0.15) is 5.10 Å². The number of aromatic nitrogens is 3. The summed E-state index contributed by atoms with van der Waals surface area (Å²) < 4.78 is 1.95. The van der Waals surface area contributed by atoms with Crippen LogP contribution in [0.25, 0.3) is 27.7 Å². The van der Waals surface area contributed by atoms with E-state index in [2.05, 4.69) is 59.5 Å². The lowest BCUT2D eigenvalue weighted by Crippen LogP contribution is -1.98. The maximum Gasteiger partial charge on any atom is 0.0680 e. The third-order valence-corrected chi connectivity index (χ3v) is 4.07. The third kappa shape index (κ3) is 2.11. The van der Waals surface area contributed by atoms with Crippen molar-refractivity contribution < 1.29 is 0 Å². The molecular formula is C19H17N3. The fourth-order valence-electron chi connectivity index (χ4n) is 2.81. The number of benzene rings is 2. The van der Waals surface area contributed by atoms with Gasteiger partial charge in [0.1, 0.15) is 0 Å². The minimum atomic E-state index is 1.03. The summed E-state index contributed by atoms with van der Waals surface area (Å²) >= 11 is 0. The van der Waals surface area contributed by atoms with E-state index in [4.69, 9.17) is 0 Å². The Labute approximate surface area is 129 Å². The molecule has 2 heterocycles. The van der Waals surface area contributed by atoms with Crippen LogP contribution in [0, 0.1) is 13.8 Å². The van der Waals surface area contributed by atoms with Gasteiger partial charge >= 0.3 is 0 Å². The van der Waals surface area contributed by atoms with Gasteiger partial charge in [0.05, 0.1) is 11.4 Å². The van der Waals surface area contributed by atoms with E-state index in [0.29, 0.717) is 0 Å². The molecule has 0 atom stereocenters. The Balaban J connectivity index is 1.85. The van der Waals surface area contributed by atoms with Crippen molar-refractivity contribution in [3.05, 3.63) is 72.2 Å². The average Bonchev–Trinajstić information content (AvgIpc) is 3.15. The molecule has 0 spiro atoms. The molecule has 3 heteroatoms. The highest BCUT2D eigenvalue weighted by atomic mass is 15.3. The largest absolute Gasteiger partial charge is 0.361 e. The number of nitrogens with one attached hydrogen (secondary N) is 1. The molecule has 1 N–H and O–H groups in total. The first-order valence-corrected chi connectivity index (χ1v) is 7.41. The molecule has 0 aliphatic rings. The van der Waals surface area contributed by atoms with Gasteiger partial charge in [0.25, 0.3) is 0 Å². The predicted molar refractivity (Wildman–Crippen MR) is 90.3 cm³/mol.